The molecule has 0 aliphatic heterocycles. The molecular formula is C12H18FN3. The van der Waals surface area contributed by atoms with Crippen molar-refractivity contribution in [2.75, 3.05) is 13.1 Å². The summed E-state index contributed by atoms with van der Waals surface area (Å²) in [6.45, 7) is 2.55. The van der Waals surface area contributed by atoms with Crippen LogP contribution in [0.4, 0.5) is 4.39 Å². The van der Waals surface area contributed by atoms with E-state index >= 15 is 0 Å². The molecule has 0 amide bonds. The van der Waals surface area contributed by atoms with Crippen LogP contribution in [0.25, 0.3) is 0 Å². The highest BCUT2D eigenvalue weighted by Crippen LogP contribution is 2.18. The predicted molar refractivity (Wildman–Crippen MR) is 61.5 cm³/mol. The molecule has 1 fully saturated rings. The molecule has 1 saturated carbocycles. The van der Waals surface area contributed by atoms with Gasteiger partial charge in [0, 0.05) is 24.3 Å². The fourth-order valence-corrected chi connectivity index (χ4v) is 1.58. The Bertz CT molecular complexity index is 326. The Kier molecular flexibility index (Phi) is 4.25. The van der Waals surface area contributed by atoms with Crippen molar-refractivity contribution in [1.82, 2.24) is 15.6 Å². The first kappa shape index (κ1) is 11.5. The van der Waals surface area contributed by atoms with Crippen LogP contribution in [0.2, 0.25) is 0 Å². The van der Waals surface area contributed by atoms with E-state index in [2.05, 4.69) is 15.6 Å². The van der Waals surface area contributed by atoms with E-state index < -0.39 is 0 Å². The Balaban J connectivity index is 1.55. The molecule has 0 unspecified atom stereocenters. The predicted octanol–water partition coefficient (Wildman–Crippen LogP) is 1.45. The van der Waals surface area contributed by atoms with E-state index in [-0.39, 0.29) is 5.82 Å². The summed E-state index contributed by atoms with van der Waals surface area (Å²) in [5.41, 5.74) is 0.685. The molecule has 0 bridgehead atoms. The molecule has 0 spiro atoms. The molecule has 1 aliphatic carbocycles. The van der Waals surface area contributed by atoms with Gasteiger partial charge in [-0.1, -0.05) is 0 Å². The number of aromatic nitrogens is 1. The van der Waals surface area contributed by atoms with Crippen LogP contribution in [0.1, 0.15) is 24.8 Å². The molecule has 0 saturated heterocycles. The SMILES string of the molecule is Fc1cnccc1CNCCCNC1CC1. The van der Waals surface area contributed by atoms with E-state index in [0.717, 1.165) is 25.6 Å². The molecule has 1 aromatic rings. The molecule has 2 rings (SSSR count). The number of hydrogen-bond donors (Lipinski definition) is 2. The third kappa shape index (κ3) is 3.87. The van der Waals surface area contributed by atoms with Crippen molar-refractivity contribution >= 4 is 0 Å². The Labute approximate surface area is 95.5 Å². The molecule has 0 radical (unpaired) electrons. The normalized spacial score (nSPS) is 15.3. The summed E-state index contributed by atoms with van der Waals surface area (Å²) in [4.78, 5) is 3.72. The van der Waals surface area contributed by atoms with Crippen molar-refractivity contribution < 1.29 is 4.39 Å². The van der Waals surface area contributed by atoms with Crippen LogP contribution in [-0.4, -0.2) is 24.1 Å². The van der Waals surface area contributed by atoms with Gasteiger partial charge in [-0.15, -0.1) is 0 Å². The standard InChI is InChI=1S/C12H18FN3/c13-12-9-15-7-4-10(12)8-14-5-1-6-16-11-2-3-11/h4,7,9,11,14,16H,1-3,5-6,8H2. The molecule has 88 valence electrons. The Hall–Kier alpha value is -1.00. The smallest absolute Gasteiger partial charge is 0.145 e. The van der Waals surface area contributed by atoms with Gasteiger partial charge in [0.25, 0.3) is 0 Å². The van der Waals surface area contributed by atoms with E-state index in [0.29, 0.717) is 12.1 Å². The van der Waals surface area contributed by atoms with Crippen molar-refractivity contribution in [2.45, 2.75) is 31.8 Å². The molecule has 1 aliphatic rings. The van der Waals surface area contributed by atoms with E-state index in [1.54, 1.807) is 12.3 Å². The Morgan fingerprint density at radius 2 is 2.25 bits per heavy atom. The summed E-state index contributed by atoms with van der Waals surface area (Å²) in [5, 5.41) is 6.67. The number of pyridine rings is 1. The second-order valence-electron chi connectivity index (χ2n) is 4.23. The van der Waals surface area contributed by atoms with Crippen LogP contribution in [0.15, 0.2) is 18.5 Å². The lowest BCUT2D eigenvalue weighted by molar-refractivity contribution is 0.563. The minimum Gasteiger partial charge on any atom is -0.314 e. The monoisotopic (exact) mass is 223 g/mol. The average molecular weight is 223 g/mol. The second kappa shape index (κ2) is 5.92. The van der Waals surface area contributed by atoms with Crippen molar-refractivity contribution in [3.8, 4) is 0 Å². The third-order valence-electron chi connectivity index (χ3n) is 2.71. The fraction of sp³-hybridized carbons (Fsp3) is 0.583. The molecule has 4 heteroatoms. The Morgan fingerprint density at radius 1 is 1.38 bits per heavy atom. The van der Waals surface area contributed by atoms with Gasteiger partial charge in [0.2, 0.25) is 0 Å². The molecule has 2 N–H and O–H groups in total. The highest BCUT2D eigenvalue weighted by molar-refractivity contribution is 5.11. The molecular weight excluding hydrogens is 205 g/mol. The number of hydrogen-bond acceptors (Lipinski definition) is 3. The van der Waals surface area contributed by atoms with Gasteiger partial charge >= 0.3 is 0 Å². The van der Waals surface area contributed by atoms with Gasteiger partial charge < -0.3 is 10.6 Å². The lowest BCUT2D eigenvalue weighted by Gasteiger charge is -2.06. The lowest BCUT2D eigenvalue weighted by atomic mass is 10.2. The molecule has 16 heavy (non-hydrogen) atoms. The maximum atomic E-state index is 13.2. The first-order chi connectivity index (χ1) is 7.86. The van der Waals surface area contributed by atoms with Crippen LogP contribution in [0.3, 0.4) is 0 Å². The van der Waals surface area contributed by atoms with Gasteiger partial charge in [0.1, 0.15) is 5.82 Å². The Morgan fingerprint density at radius 3 is 3.00 bits per heavy atom. The van der Waals surface area contributed by atoms with E-state index in [9.17, 15) is 4.39 Å². The van der Waals surface area contributed by atoms with Crippen molar-refractivity contribution in [3.05, 3.63) is 29.8 Å². The zero-order chi connectivity index (χ0) is 11.2. The first-order valence-corrected chi connectivity index (χ1v) is 5.89. The van der Waals surface area contributed by atoms with E-state index in [1.807, 2.05) is 0 Å². The highest BCUT2D eigenvalue weighted by Gasteiger charge is 2.19. The fourth-order valence-electron chi connectivity index (χ4n) is 1.58. The van der Waals surface area contributed by atoms with E-state index in [4.69, 9.17) is 0 Å². The van der Waals surface area contributed by atoms with Crippen molar-refractivity contribution in [3.63, 3.8) is 0 Å². The van der Waals surface area contributed by atoms with Gasteiger partial charge in [-0.3, -0.25) is 4.98 Å². The topological polar surface area (TPSA) is 37.0 Å². The quantitative estimate of drug-likeness (QED) is 0.687. The largest absolute Gasteiger partial charge is 0.314 e. The van der Waals surface area contributed by atoms with Crippen LogP contribution < -0.4 is 10.6 Å². The minimum atomic E-state index is -0.230. The summed E-state index contributed by atoms with van der Waals surface area (Å²) in [7, 11) is 0. The molecule has 0 aromatic carbocycles. The van der Waals surface area contributed by atoms with Gasteiger partial charge in [0.05, 0.1) is 6.20 Å². The average Bonchev–Trinajstić information content (AvgIpc) is 3.09. The van der Waals surface area contributed by atoms with Gasteiger partial charge in [-0.25, -0.2) is 4.39 Å². The third-order valence-corrected chi connectivity index (χ3v) is 2.71. The maximum Gasteiger partial charge on any atom is 0.145 e. The first-order valence-electron chi connectivity index (χ1n) is 5.89. The lowest BCUT2D eigenvalue weighted by Crippen LogP contribution is -2.23. The van der Waals surface area contributed by atoms with Crippen LogP contribution >= 0.6 is 0 Å². The summed E-state index contributed by atoms with van der Waals surface area (Å²) in [6, 6.07) is 2.49. The van der Waals surface area contributed by atoms with Crippen molar-refractivity contribution in [1.29, 1.82) is 0 Å². The minimum absolute atomic E-state index is 0.230. The van der Waals surface area contributed by atoms with Crippen molar-refractivity contribution in [2.24, 2.45) is 0 Å². The summed E-state index contributed by atoms with van der Waals surface area (Å²) >= 11 is 0. The molecule has 1 heterocycles. The van der Waals surface area contributed by atoms with Crippen LogP contribution in [0, 0.1) is 5.82 Å². The summed E-state index contributed by atoms with van der Waals surface area (Å²) in [6.07, 6.45) is 6.62. The molecule has 1 aromatic heterocycles. The van der Waals surface area contributed by atoms with Crippen LogP contribution in [-0.2, 0) is 6.54 Å². The number of rotatable bonds is 7. The maximum absolute atomic E-state index is 13.2. The zero-order valence-corrected chi connectivity index (χ0v) is 9.38. The van der Waals surface area contributed by atoms with Crippen LogP contribution in [0.5, 0.6) is 0 Å². The number of halogens is 1. The second-order valence-corrected chi connectivity index (χ2v) is 4.23. The van der Waals surface area contributed by atoms with E-state index in [1.165, 1.54) is 19.0 Å². The molecule has 0 atom stereocenters. The van der Waals surface area contributed by atoms with Gasteiger partial charge in [-0.2, -0.15) is 0 Å². The zero-order valence-electron chi connectivity index (χ0n) is 9.38. The van der Waals surface area contributed by atoms with Gasteiger partial charge in [0.15, 0.2) is 0 Å². The number of nitrogens with one attached hydrogen (secondary N) is 2. The summed E-state index contributed by atoms with van der Waals surface area (Å²) < 4.78 is 13.2. The summed E-state index contributed by atoms with van der Waals surface area (Å²) in [5.74, 6) is -0.230. The molecule has 3 nitrogen and oxygen atoms in total. The highest BCUT2D eigenvalue weighted by atomic mass is 19.1. The number of nitrogens with zero attached hydrogens (tertiary/aromatic N) is 1. The van der Waals surface area contributed by atoms with Gasteiger partial charge in [-0.05, 0) is 38.4 Å².